The molecule has 0 amide bonds. The van der Waals surface area contributed by atoms with Crippen LogP contribution in [-0.2, 0) is 5.54 Å². The van der Waals surface area contributed by atoms with Crippen LogP contribution < -0.4 is 5.73 Å². The van der Waals surface area contributed by atoms with Gasteiger partial charge in [-0.3, -0.25) is 0 Å². The van der Waals surface area contributed by atoms with E-state index in [1.165, 1.54) is 0 Å². The Morgan fingerprint density at radius 3 is 1.65 bits per heavy atom. The monoisotopic (exact) mass is 261 g/mol. The van der Waals surface area contributed by atoms with E-state index in [1.807, 2.05) is 66.7 Å². The number of hydrogen-bond donors (Lipinski definition) is 1. The van der Waals surface area contributed by atoms with Crippen LogP contribution in [0.1, 0.15) is 11.1 Å². The maximum absolute atomic E-state index is 6.79. The van der Waals surface area contributed by atoms with Gasteiger partial charge in [-0.1, -0.05) is 92.0 Å². The molecule has 20 heavy (non-hydrogen) atoms. The second kappa shape index (κ2) is 6.18. The summed E-state index contributed by atoms with van der Waals surface area (Å²) in [6.45, 7) is 7.67. The summed E-state index contributed by atoms with van der Waals surface area (Å²) in [5.74, 6) is 0. The Hall–Kier alpha value is -2.38. The highest BCUT2D eigenvalue weighted by Gasteiger charge is 2.31. The minimum absolute atomic E-state index is 0.724. The lowest BCUT2D eigenvalue weighted by Crippen LogP contribution is -2.39. The molecule has 2 N–H and O–H groups in total. The quantitative estimate of drug-likeness (QED) is 0.802. The molecule has 2 aromatic rings. The molecular weight excluding hydrogens is 242 g/mol. The minimum Gasteiger partial charge on any atom is -0.314 e. The third kappa shape index (κ3) is 2.49. The molecule has 100 valence electrons. The van der Waals surface area contributed by atoms with Crippen LogP contribution in [0.5, 0.6) is 0 Å². The molecule has 1 nitrogen and oxygen atoms in total. The second-order valence-electron chi connectivity index (χ2n) is 4.60. The summed E-state index contributed by atoms with van der Waals surface area (Å²) in [6.07, 6.45) is 5.44. The van der Waals surface area contributed by atoms with Gasteiger partial charge in [0, 0.05) is 0 Å². The number of nitrogens with two attached hydrogens (primary N) is 1. The molecule has 0 atom stereocenters. The van der Waals surface area contributed by atoms with Gasteiger partial charge in [0.15, 0.2) is 0 Å². The summed E-state index contributed by atoms with van der Waals surface area (Å²) in [6, 6.07) is 20.1. The van der Waals surface area contributed by atoms with Crippen LogP contribution in [0, 0.1) is 0 Å². The average molecular weight is 261 g/mol. The number of allylic oxidation sites excluding steroid dienone is 2. The topological polar surface area (TPSA) is 26.0 Å². The van der Waals surface area contributed by atoms with E-state index in [1.54, 1.807) is 12.2 Å². The summed E-state index contributed by atoms with van der Waals surface area (Å²) in [4.78, 5) is 0. The van der Waals surface area contributed by atoms with Crippen molar-refractivity contribution in [2.24, 2.45) is 5.73 Å². The Kier molecular flexibility index (Phi) is 4.34. The second-order valence-corrected chi connectivity index (χ2v) is 4.60. The van der Waals surface area contributed by atoms with Crippen molar-refractivity contribution in [2.45, 2.75) is 5.54 Å². The maximum atomic E-state index is 6.79. The Labute approximate surface area is 120 Å². The van der Waals surface area contributed by atoms with E-state index >= 15 is 0 Å². The zero-order valence-electron chi connectivity index (χ0n) is 11.5. The van der Waals surface area contributed by atoms with Crippen LogP contribution in [0.15, 0.2) is 97.6 Å². The van der Waals surface area contributed by atoms with E-state index in [2.05, 4.69) is 13.2 Å². The molecule has 0 radical (unpaired) electrons. The van der Waals surface area contributed by atoms with Gasteiger partial charge in [-0.25, -0.2) is 0 Å². The standard InChI is InChI=1S/C19H19N/c1-3-11-16(4-2)19(20,17-12-7-5-8-13-17)18-14-9-6-10-15-18/h3-15H,1-2,20H2/b16-11+. The van der Waals surface area contributed by atoms with Crippen LogP contribution in [0.2, 0.25) is 0 Å². The molecule has 0 aliphatic carbocycles. The molecule has 0 spiro atoms. The molecule has 0 saturated heterocycles. The largest absolute Gasteiger partial charge is 0.314 e. The lowest BCUT2D eigenvalue weighted by molar-refractivity contribution is 0.652. The molecule has 0 saturated carbocycles. The van der Waals surface area contributed by atoms with Gasteiger partial charge in [0.25, 0.3) is 0 Å². The third-order valence-corrected chi connectivity index (χ3v) is 3.43. The zero-order valence-corrected chi connectivity index (χ0v) is 11.5. The molecule has 0 aromatic heterocycles. The van der Waals surface area contributed by atoms with E-state index in [9.17, 15) is 0 Å². The van der Waals surface area contributed by atoms with Gasteiger partial charge >= 0.3 is 0 Å². The Balaban J connectivity index is 2.70. The summed E-state index contributed by atoms with van der Waals surface area (Å²) < 4.78 is 0. The molecule has 2 aromatic carbocycles. The first-order valence-corrected chi connectivity index (χ1v) is 6.59. The van der Waals surface area contributed by atoms with E-state index in [0.717, 1.165) is 16.7 Å². The number of hydrogen-bond acceptors (Lipinski definition) is 1. The first kappa shape index (κ1) is 14.0. The SMILES string of the molecule is C=C/C=C(\C=C)C(N)(c1ccccc1)c1ccccc1. The van der Waals surface area contributed by atoms with Crippen molar-refractivity contribution in [3.8, 4) is 0 Å². The fourth-order valence-electron chi connectivity index (χ4n) is 2.39. The molecule has 0 bridgehead atoms. The van der Waals surface area contributed by atoms with E-state index < -0.39 is 5.54 Å². The Bertz CT molecular complexity index is 569. The molecule has 0 fully saturated rings. The molecule has 0 unspecified atom stereocenters. The fraction of sp³-hybridized carbons (Fsp3) is 0.0526. The number of rotatable bonds is 5. The normalized spacial score (nSPS) is 11.9. The summed E-state index contributed by atoms with van der Waals surface area (Å²) in [7, 11) is 0. The van der Waals surface area contributed by atoms with Crippen LogP contribution in [0.4, 0.5) is 0 Å². The fourth-order valence-corrected chi connectivity index (χ4v) is 2.39. The highest BCUT2D eigenvalue weighted by atomic mass is 14.8. The average Bonchev–Trinajstić information content (AvgIpc) is 2.53. The summed E-state index contributed by atoms with van der Waals surface area (Å²) >= 11 is 0. The Morgan fingerprint density at radius 1 is 0.850 bits per heavy atom. The highest BCUT2D eigenvalue weighted by Crippen LogP contribution is 2.34. The van der Waals surface area contributed by atoms with Gasteiger partial charge in [0.1, 0.15) is 0 Å². The molecule has 0 aliphatic heterocycles. The van der Waals surface area contributed by atoms with Gasteiger partial charge in [0.05, 0.1) is 5.54 Å². The predicted molar refractivity (Wildman–Crippen MR) is 86.3 cm³/mol. The van der Waals surface area contributed by atoms with Gasteiger partial charge in [-0.15, -0.1) is 0 Å². The molecule has 2 rings (SSSR count). The van der Waals surface area contributed by atoms with Crippen molar-refractivity contribution in [1.29, 1.82) is 0 Å². The lowest BCUT2D eigenvalue weighted by Gasteiger charge is -2.32. The first-order valence-electron chi connectivity index (χ1n) is 6.59. The first-order chi connectivity index (χ1) is 9.73. The molecule has 1 heteroatoms. The number of benzene rings is 2. The van der Waals surface area contributed by atoms with Crippen molar-refractivity contribution in [1.82, 2.24) is 0 Å². The summed E-state index contributed by atoms with van der Waals surface area (Å²) in [5.41, 5.74) is 9.05. The third-order valence-electron chi connectivity index (χ3n) is 3.43. The van der Waals surface area contributed by atoms with E-state index in [-0.39, 0.29) is 0 Å². The zero-order chi connectivity index (χ0) is 14.4. The summed E-state index contributed by atoms with van der Waals surface area (Å²) in [5, 5.41) is 0. The molecular formula is C19H19N. The van der Waals surface area contributed by atoms with Crippen LogP contribution >= 0.6 is 0 Å². The minimum atomic E-state index is -0.724. The lowest BCUT2D eigenvalue weighted by atomic mass is 9.77. The van der Waals surface area contributed by atoms with E-state index in [4.69, 9.17) is 5.73 Å². The van der Waals surface area contributed by atoms with Crippen molar-refractivity contribution in [3.05, 3.63) is 109 Å². The molecule has 0 aliphatic rings. The van der Waals surface area contributed by atoms with Crippen molar-refractivity contribution >= 4 is 0 Å². The maximum Gasteiger partial charge on any atom is 0.0922 e. The predicted octanol–water partition coefficient (Wildman–Crippen LogP) is 4.19. The van der Waals surface area contributed by atoms with Gasteiger partial charge in [-0.2, -0.15) is 0 Å². The van der Waals surface area contributed by atoms with Gasteiger partial charge < -0.3 is 5.73 Å². The highest BCUT2D eigenvalue weighted by molar-refractivity contribution is 5.51. The van der Waals surface area contributed by atoms with E-state index in [0.29, 0.717) is 0 Å². The van der Waals surface area contributed by atoms with Crippen LogP contribution in [0.3, 0.4) is 0 Å². The van der Waals surface area contributed by atoms with Crippen molar-refractivity contribution in [2.75, 3.05) is 0 Å². The van der Waals surface area contributed by atoms with Gasteiger partial charge in [0.2, 0.25) is 0 Å². The van der Waals surface area contributed by atoms with Gasteiger partial charge in [-0.05, 0) is 16.7 Å². The smallest absolute Gasteiger partial charge is 0.0922 e. The Morgan fingerprint density at radius 2 is 1.30 bits per heavy atom. The van der Waals surface area contributed by atoms with Crippen LogP contribution in [0.25, 0.3) is 0 Å². The molecule has 0 heterocycles. The van der Waals surface area contributed by atoms with Crippen LogP contribution in [-0.4, -0.2) is 0 Å². The van der Waals surface area contributed by atoms with Crippen molar-refractivity contribution < 1.29 is 0 Å². The van der Waals surface area contributed by atoms with Crippen molar-refractivity contribution in [3.63, 3.8) is 0 Å².